The molecule has 0 amide bonds. The van der Waals surface area contributed by atoms with E-state index in [1.165, 1.54) is 0 Å². The number of aryl methyl sites for hydroxylation is 1. The van der Waals surface area contributed by atoms with Crippen LogP contribution in [0.4, 0.5) is 0 Å². The first-order valence-electron chi connectivity index (χ1n) is 6.50. The maximum atomic E-state index is 5.69. The summed E-state index contributed by atoms with van der Waals surface area (Å²) >= 11 is 3.47. The van der Waals surface area contributed by atoms with Crippen LogP contribution in [-0.4, -0.2) is 10.2 Å². The molecule has 0 radical (unpaired) electrons. The van der Waals surface area contributed by atoms with Crippen LogP contribution in [0.25, 0.3) is 11.5 Å². The van der Waals surface area contributed by atoms with Gasteiger partial charge in [0.2, 0.25) is 5.89 Å². The fraction of sp³-hybridized carbons (Fsp3) is 0.125. The highest BCUT2D eigenvalue weighted by Gasteiger charge is 2.11. The highest BCUT2D eigenvalue weighted by molar-refractivity contribution is 9.10. The topological polar surface area (TPSA) is 48.2 Å². The summed E-state index contributed by atoms with van der Waals surface area (Å²) in [5, 5.41) is 8.07. The Labute approximate surface area is 130 Å². The van der Waals surface area contributed by atoms with Crippen LogP contribution < -0.4 is 4.74 Å². The van der Waals surface area contributed by atoms with Crippen molar-refractivity contribution in [3.8, 4) is 17.2 Å². The summed E-state index contributed by atoms with van der Waals surface area (Å²) in [4.78, 5) is 0. The SMILES string of the molecule is Cc1ccccc1OCc1nnc(-c2ccccc2Br)o1. The maximum absolute atomic E-state index is 5.69. The van der Waals surface area contributed by atoms with Crippen LogP contribution in [0.3, 0.4) is 0 Å². The van der Waals surface area contributed by atoms with E-state index in [4.69, 9.17) is 9.15 Å². The number of para-hydroxylation sites is 1. The number of hydrogen-bond acceptors (Lipinski definition) is 4. The number of halogens is 1. The Morgan fingerprint density at radius 3 is 2.62 bits per heavy atom. The molecule has 1 aromatic heterocycles. The van der Waals surface area contributed by atoms with Crippen molar-refractivity contribution in [2.24, 2.45) is 0 Å². The fourth-order valence-corrected chi connectivity index (χ4v) is 2.37. The van der Waals surface area contributed by atoms with Crippen LogP contribution in [0.5, 0.6) is 5.75 Å². The molecule has 0 aliphatic rings. The molecule has 21 heavy (non-hydrogen) atoms. The summed E-state index contributed by atoms with van der Waals surface area (Å²) in [5.74, 6) is 1.74. The molecule has 0 fully saturated rings. The molecule has 0 unspecified atom stereocenters. The second kappa shape index (κ2) is 6.10. The molecule has 5 heteroatoms. The molecule has 3 aromatic rings. The molecule has 0 aliphatic heterocycles. The van der Waals surface area contributed by atoms with E-state index < -0.39 is 0 Å². The summed E-state index contributed by atoms with van der Waals surface area (Å²) < 4.78 is 12.2. The minimum Gasteiger partial charge on any atom is -0.484 e. The van der Waals surface area contributed by atoms with Crippen LogP contribution in [0.15, 0.2) is 57.4 Å². The van der Waals surface area contributed by atoms with E-state index in [0.29, 0.717) is 11.8 Å². The minimum atomic E-state index is 0.252. The van der Waals surface area contributed by atoms with Gasteiger partial charge in [0.15, 0.2) is 6.61 Å². The number of benzene rings is 2. The van der Waals surface area contributed by atoms with Crippen LogP contribution in [0.2, 0.25) is 0 Å². The monoisotopic (exact) mass is 344 g/mol. The third-order valence-electron chi connectivity index (χ3n) is 3.02. The van der Waals surface area contributed by atoms with Gasteiger partial charge in [-0.15, -0.1) is 10.2 Å². The van der Waals surface area contributed by atoms with Gasteiger partial charge < -0.3 is 9.15 Å². The quantitative estimate of drug-likeness (QED) is 0.704. The summed E-state index contributed by atoms with van der Waals surface area (Å²) in [6.07, 6.45) is 0. The third kappa shape index (κ3) is 3.13. The van der Waals surface area contributed by atoms with E-state index in [-0.39, 0.29) is 6.61 Å². The molecule has 0 bridgehead atoms. The lowest BCUT2D eigenvalue weighted by Crippen LogP contribution is -1.97. The second-order valence-electron chi connectivity index (χ2n) is 4.53. The molecule has 106 valence electrons. The van der Waals surface area contributed by atoms with E-state index in [9.17, 15) is 0 Å². The van der Waals surface area contributed by atoms with Crippen LogP contribution in [0, 0.1) is 6.92 Å². The molecule has 0 N–H and O–H groups in total. The second-order valence-corrected chi connectivity index (χ2v) is 5.39. The molecule has 0 aliphatic carbocycles. The van der Waals surface area contributed by atoms with E-state index >= 15 is 0 Å². The number of aromatic nitrogens is 2. The Balaban J connectivity index is 1.74. The fourth-order valence-electron chi connectivity index (χ4n) is 1.91. The van der Waals surface area contributed by atoms with Crippen molar-refractivity contribution in [2.75, 3.05) is 0 Å². The standard InChI is InChI=1S/C16H13BrN2O2/c1-11-6-2-5-9-14(11)20-10-15-18-19-16(21-15)12-7-3-4-8-13(12)17/h2-9H,10H2,1H3. The van der Waals surface area contributed by atoms with Crippen molar-refractivity contribution < 1.29 is 9.15 Å². The lowest BCUT2D eigenvalue weighted by molar-refractivity contribution is 0.263. The van der Waals surface area contributed by atoms with E-state index in [1.807, 2.05) is 55.5 Å². The molecule has 0 saturated heterocycles. The summed E-state index contributed by atoms with van der Waals surface area (Å²) in [5.41, 5.74) is 1.94. The average Bonchev–Trinajstić information content (AvgIpc) is 2.96. The first-order chi connectivity index (χ1) is 10.2. The molecule has 1 heterocycles. The third-order valence-corrected chi connectivity index (χ3v) is 3.71. The van der Waals surface area contributed by atoms with Crippen LogP contribution in [-0.2, 0) is 6.61 Å². The zero-order valence-electron chi connectivity index (χ0n) is 11.4. The average molecular weight is 345 g/mol. The van der Waals surface area contributed by atoms with Crippen molar-refractivity contribution in [3.63, 3.8) is 0 Å². The number of ether oxygens (including phenoxy) is 1. The number of rotatable bonds is 4. The predicted molar refractivity (Wildman–Crippen MR) is 82.9 cm³/mol. The van der Waals surface area contributed by atoms with Crippen molar-refractivity contribution >= 4 is 15.9 Å². The van der Waals surface area contributed by atoms with E-state index in [1.54, 1.807) is 0 Å². The molecule has 4 nitrogen and oxygen atoms in total. The lowest BCUT2D eigenvalue weighted by Gasteiger charge is -2.05. The van der Waals surface area contributed by atoms with Gasteiger partial charge in [0.1, 0.15) is 5.75 Å². The van der Waals surface area contributed by atoms with E-state index in [0.717, 1.165) is 21.3 Å². The molecule has 0 atom stereocenters. The van der Waals surface area contributed by atoms with Gasteiger partial charge in [0.25, 0.3) is 5.89 Å². The molecular formula is C16H13BrN2O2. The minimum absolute atomic E-state index is 0.252. The van der Waals surface area contributed by atoms with Gasteiger partial charge in [0.05, 0.1) is 5.56 Å². The van der Waals surface area contributed by atoms with Crippen molar-refractivity contribution in [2.45, 2.75) is 13.5 Å². The first kappa shape index (κ1) is 13.8. The summed E-state index contributed by atoms with van der Waals surface area (Å²) in [7, 11) is 0. The van der Waals surface area contributed by atoms with Gasteiger partial charge in [-0.3, -0.25) is 0 Å². The van der Waals surface area contributed by atoms with Gasteiger partial charge in [-0.1, -0.05) is 30.3 Å². The summed E-state index contributed by atoms with van der Waals surface area (Å²) in [6, 6.07) is 15.5. The molecule has 0 saturated carbocycles. The van der Waals surface area contributed by atoms with Crippen molar-refractivity contribution in [1.29, 1.82) is 0 Å². The molecular weight excluding hydrogens is 332 g/mol. The first-order valence-corrected chi connectivity index (χ1v) is 7.29. The van der Waals surface area contributed by atoms with Gasteiger partial charge >= 0.3 is 0 Å². The predicted octanol–water partition coefficient (Wildman–Crippen LogP) is 4.39. The van der Waals surface area contributed by atoms with Gasteiger partial charge in [-0.25, -0.2) is 0 Å². The Bertz CT molecular complexity index is 755. The Kier molecular flexibility index (Phi) is 4.01. The number of nitrogens with zero attached hydrogens (tertiary/aromatic N) is 2. The van der Waals surface area contributed by atoms with Crippen molar-refractivity contribution in [3.05, 3.63) is 64.5 Å². The molecule has 3 rings (SSSR count). The Hall–Kier alpha value is -2.14. The zero-order valence-corrected chi connectivity index (χ0v) is 13.0. The Morgan fingerprint density at radius 2 is 1.81 bits per heavy atom. The Morgan fingerprint density at radius 1 is 1.05 bits per heavy atom. The smallest absolute Gasteiger partial charge is 0.254 e. The van der Waals surface area contributed by atoms with E-state index in [2.05, 4.69) is 26.1 Å². The van der Waals surface area contributed by atoms with Crippen LogP contribution >= 0.6 is 15.9 Å². The lowest BCUT2D eigenvalue weighted by atomic mass is 10.2. The zero-order chi connectivity index (χ0) is 14.7. The van der Waals surface area contributed by atoms with Gasteiger partial charge in [0, 0.05) is 4.47 Å². The number of hydrogen-bond donors (Lipinski definition) is 0. The molecule has 2 aromatic carbocycles. The van der Waals surface area contributed by atoms with Gasteiger partial charge in [-0.2, -0.15) is 0 Å². The van der Waals surface area contributed by atoms with Gasteiger partial charge in [-0.05, 0) is 46.6 Å². The maximum Gasteiger partial charge on any atom is 0.254 e. The highest BCUT2D eigenvalue weighted by atomic mass is 79.9. The van der Waals surface area contributed by atoms with Crippen molar-refractivity contribution in [1.82, 2.24) is 10.2 Å². The highest BCUT2D eigenvalue weighted by Crippen LogP contribution is 2.27. The normalized spacial score (nSPS) is 10.6. The van der Waals surface area contributed by atoms with Crippen LogP contribution in [0.1, 0.15) is 11.5 Å². The molecule has 0 spiro atoms. The largest absolute Gasteiger partial charge is 0.484 e. The summed E-state index contributed by atoms with van der Waals surface area (Å²) in [6.45, 7) is 2.25.